The van der Waals surface area contributed by atoms with Gasteiger partial charge in [0, 0.05) is 68.0 Å². The number of hydrogen-bond donors (Lipinski definition) is 3. The molecule has 0 atom stereocenters. The molecule has 0 aliphatic carbocycles. The fourth-order valence-corrected chi connectivity index (χ4v) is 11.1. The topological polar surface area (TPSA) is 229 Å². The maximum atomic E-state index is 13.0. The number of rotatable bonds is 12. The summed E-state index contributed by atoms with van der Waals surface area (Å²) in [6.07, 6.45) is -0.326. The zero-order valence-corrected chi connectivity index (χ0v) is 58.0. The van der Waals surface area contributed by atoms with Crippen molar-refractivity contribution in [2.45, 2.75) is 124 Å². The summed E-state index contributed by atoms with van der Waals surface area (Å²) in [5.41, 5.74) is 10.8. The van der Waals surface area contributed by atoms with Crippen LogP contribution in [0.2, 0.25) is 0 Å². The van der Waals surface area contributed by atoms with E-state index in [1.54, 1.807) is 74.2 Å². The van der Waals surface area contributed by atoms with E-state index in [-0.39, 0.29) is 22.4 Å². The van der Waals surface area contributed by atoms with Crippen molar-refractivity contribution in [3.63, 3.8) is 0 Å². The Kier molecular flexibility index (Phi) is 31.5. The van der Waals surface area contributed by atoms with E-state index in [0.717, 1.165) is 130 Å². The van der Waals surface area contributed by atoms with Crippen molar-refractivity contribution in [1.82, 2.24) is 24.2 Å². The third kappa shape index (κ3) is 25.7. The van der Waals surface area contributed by atoms with Gasteiger partial charge < -0.3 is 19.1 Å². The quantitative estimate of drug-likeness (QED) is 0.0119. The molecule has 1 aliphatic rings. The number of fused-ring (bicyclic) bond motifs is 2. The van der Waals surface area contributed by atoms with Crippen LogP contribution < -0.4 is 26.1 Å². The number of pyridine rings is 4. The molecule has 3 aromatic carbocycles. The predicted octanol–water partition coefficient (Wildman–Crippen LogP) is 14.3. The number of aromatic nitrogens is 6. The van der Waals surface area contributed by atoms with Crippen LogP contribution in [-0.4, -0.2) is 89.3 Å². The highest BCUT2D eigenvalue weighted by Crippen LogP contribution is 2.34. The Labute approximate surface area is 574 Å². The standard InChI is InChI=1S/C30H30F3N3O2.C12H14N2O2.C9H13NO3S.C6H6F3N2.C6H4F3N.C6H8O2.CH4S/c1-20-13-18-36-27(19-20)29(21(2)34-36)28(37)12-5-22-3-8-25(9-4-22)35-16-14-24(15-17-35)23-6-10-26(11-7-23)38-30(31,32)33;1-4-16-12(15)11-9(3)13-14-6-5-8(2)7-10(11)14;1-6-4-7(2)9(8(3)5-6)14(11,12)13-10;7-6(8,9)5-1-3-11(10)4-2-5;7-6(8,9)5-1-3-10-4-2-5;1-3-5-6(7)8-4-2;1-2/h3-4,6-11,13,18-19,24H,5,12,14-17H2,1-2H3;5-7H,4H2,1-3H3;4-5H,10H2,1-3H3;1-4H,10H2;1-4H;4H2,1-2H3;2H,1H3/q;;;+1;;;. The number of benzene rings is 3. The number of piperidine rings is 1. The van der Waals surface area contributed by atoms with Crippen LogP contribution in [0.5, 0.6) is 5.75 Å². The summed E-state index contributed by atoms with van der Waals surface area (Å²) in [5, 5.41) is 8.75. The van der Waals surface area contributed by atoms with Crippen molar-refractivity contribution < 1.29 is 85.5 Å². The van der Waals surface area contributed by atoms with Crippen molar-refractivity contribution >= 4 is 57.2 Å². The first-order valence-corrected chi connectivity index (χ1v) is 32.8. The molecule has 0 radical (unpaired) electrons. The zero-order chi connectivity index (χ0) is 74.0. The summed E-state index contributed by atoms with van der Waals surface area (Å²) < 4.78 is 153. The van der Waals surface area contributed by atoms with Crippen LogP contribution in [0.4, 0.5) is 45.2 Å². The molecule has 0 bridgehead atoms. The molecule has 4 N–H and O–H groups in total. The third-order valence-electron chi connectivity index (χ3n) is 14.4. The van der Waals surface area contributed by atoms with Crippen LogP contribution in [0.25, 0.3) is 11.0 Å². The van der Waals surface area contributed by atoms with Crippen molar-refractivity contribution in [2.24, 2.45) is 5.90 Å². The predicted molar refractivity (Wildman–Crippen MR) is 361 cm³/mol. The van der Waals surface area contributed by atoms with Gasteiger partial charge in [0.1, 0.15) is 16.2 Å². The Balaban J connectivity index is 0.000000282. The fraction of sp³-hybridized carbons (Fsp3) is 0.329. The summed E-state index contributed by atoms with van der Waals surface area (Å²) in [7, 11) is -3.80. The lowest BCUT2D eigenvalue weighted by Crippen LogP contribution is -2.43. The minimum Gasteiger partial charge on any atom is -0.462 e. The van der Waals surface area contributed by atoms with Gasteiger partial charge in [-0.05, 0) is 195 Å². The number of carbonyl (C=O) groups excluding carboxylic acids is 3. The molecule has 18 nitrogen and oxygen atoms in total. The largest absolute Gasteiger partial charge is 0.573 e. The Morgan fingerprint density at radius 1 is 0.657 bits per heavy atom. The van der Waals surface area contributed by atoms with Crippen LogP contribution in [0, 0.1) is 60.3 Å². The number of hydrogen-bond acceptors (Lipinski definition) is 16. The number of Topliss-reactive ketones (excluding diaryl/α,β-unsaturated/α-hetero) is 1. The molecule has 7 heterocycles. The Morgan fingerprint density at radius 3 is 1.60 bits per heavy atom. The second-order valence-electron chi connectivity index (χ2n) is 21.8. The number of halogens is 9. The van der Waals surface area contributed by atoms with Gasteiger partial charge in [0.05, 0.1) is 52.3 Å². The van der Waals surface area contributed by atoms with Crippen molar-refractivity contribution in [2.75, 3.05) is 43.3 Å². The number of thiol groups is 1. The molecule has 99 heavy (non-hydrogen) atoms. The Hall–Kier alpha value is -9.50. The van der Waals surface area contributed by atoms with Crippen LogP contribution >= 0.6 is 12.6 Å². The first kappa shape index (κ1) is 81.9. The normalized spacial score (nSPS) is 12.1. The van der Waals surface area contributed by atoms with E-state index in [0.29, 0.717) is 59.9 Å². The van der Waals surface area contributed by atoms with Gasteiger partial charge in [-0.25, -0.2) is 24.5 Å². The molecule has 0 unspecified atom stereocenters. The maximum absolute atomic E-state index is 13.0. The summed E-state index contributed by atoms with van der Waals surface area (Å²) in [5.74, 6) is 14.0. The van der Waals surface area contributed by atoms with Gasteiger partial charge in [-0.1, -0.05) is 52.6 Å². The highest BCUT2D eigenvalue weighted by Gasteiger charge is 2.33. The molecule has 29 heteroatoms. The number of carbonyl (C=O) groups is 3. The van der Waals surface area contributed by atoms with Crippen molar-refractivity contribution in [1.29, 1.82) is 0 Å². The highest BCUT2D eigenvalue weighted by atomic mass is 32.2. The van der Waals surface area contributed by atoms with E-state index in [9.17, 15) is 62.3 Å². The first-order valence-electron chi connectivity index (χ1n) is 30.5. The number of aryl methyl sites for hydroxylation is 8. The highest BCUT2D eigenvalue weighted by molar-refractivity contribution is 7.86. The van der Waals surface area contributed by atoms with Crippen molar-refractivity contribution in [3.05, 3.63) is 219 Å². The molecule has 10 rings (SSSR count). The van der Waals surface area contributed by atoms with Gasteiger partial charge in [0.2, 0.25) is 0 Å². The lowest BCUT2D eigenvalue weighted by molar-refractivity contribution is -0.639. The number of nitrogens with two attached hydrogens (primary N) is 2. The van der Waals surface area contributed by atoms with Gasteiger partial charge in [0.15, 0.2) is 18.2 Å². The number of nitrogen functional groups attached to an aromatic ring is 1. The minimum atomic E-state index is -4.68. The molecule has 0 amide bonds. The van der Waals surface area contributed by atoms with Crippen molar-refractivity contribution in [3.8, 4) is 17.6 Å². The van der Waals surface area contributed by atoms with E-state index in [1.165, 1.54) is 12.1 Å². The lowest BCUT2D eigenvalue weighted by atomic mass is 9.89. The summed E-state index contributed by atoms with van der Waals surface area (Å²) in [6, 6.07) is 29.7. The molecule has 6 aromatic heterocycles. The monoisotopic (exact) mass is 1420 g/mol. The molecular weight excluding hydrogens is 1350 g/mol. The van der Waals surface area contributed by atoms with E-state index in [4.69, 9.17) is 16.5 Å². The van der Waals surface area contributed by atoms with Crippen LogP contribution in [0.1, 0.15) is 128 Å². The summed E-state index contributed by atoms with van der Waals surface area (Å²) in [4.78, 5) is 41.0. The minimum absolute atomic E-state index is 0.104. The van der Waals surface area contributed by atoms with E-state index in [1.807, 2.05) is 71.3 Å². The second-order valence-corrected chi connectivity index (χ2v) is 23.3. The van der Waals surface area contributed by atoms with Gasteiger partial charge >= 0.3 is 40.8 Å². The molecule has 0 saturated carbocycles. The van der Waals surface area contributed by atoms with Crippen LogP contribution in [0.15, 0.2) is 151 Å². The number of ether oxygens (including phenoxy) is 3. The average molecular weight is 1430 g/mol. The van der Waals surface area contributed by atoms with Gasteiger partial charge in [-0.2, -0.15) is 67.8 Å². The number of anilines is 1. The Bertz CT molecular complexity index is 4240. The molecule has 1 aliphatic heterocycles. The first-order chi connectivity index (χ1) is 46.6. The molecular formula is C70H79F9N9O9S2+. The van der Waals surface area contributed by atoms with E-state index >= 15 is 0 Å². The average Bonchev–Trinajstić information content (AvgIpc) is 1.77. The number of ketones is 1. The van der Waals surface area contributed by atoms with E-state index < -0.39 is 45.9 Å². The summed E-state index contributed by atoms with van der Waals surface area (Å²) >= 11 is 3.53. The maximum Gasteiger partial charge on any atom is 0.573 e. The van der Waals surface area contributed by atoms with Crippen LogP contribution in [-0.2, 0) is 47.4 Å². The smallest absolute Gasteiger partial charge is 0.462 e. The molecule has 0 spiro atoms. The number of esters is 2. The van der Waals surface area contributed by atoms with Gasteiger partial charge in [0.25, 0.3) is 0 Å². The second kappa shape index (κ2) is 38.0. The molecule has 9 aromatic rings. The van der Waals surface area contributed by atoms with E-state index in [2.05, 4.69) is 82.6 Å². The molecule has 1 saturated heterocycles. The molecule has 532 valence electrons. The number of alkyl halides is 9. The van der Waals surface area contributed by atoms with Crippen LogP contribution in [0.3, 0.4) is 0 Å². The zero-order valence-electron chi connectivity index (χ0n) is 56.3. The lowest BCUT2D eigenvalue weighted by Gasteiger charge is -2.34. The third-order valence-corrected chi connectivity index (χ3v) is 15.8. The Morgan fingerprint density at radius 2 is 1.14 bits per heavy atom. The number of nitrogens with zero attached hydrogens (tertiary/aromatic N) is 7. The fourth-order valence-electron chi connectivity index (χ4n) is 10.1. The SMILES string of the molecule is CC#CC(=O)OCC.CCOC(=O)c1c(C)nn2ccc(C)cc12.CS.Cc1cc(C)c(S(=O)(=O)ON)c(C)c1.Cc1ccn2nc(C)c(C(=O)CCc3ccc(N4CCC(c5ccc(OC(F)(F)F)cc5)CC4)cc3)c2c1.FC(F)(F)c1ccncc1.N[n+]1ccc(C(F)(F)F)cc1. The summed E-state index contributed by atoms with van der Waals surface area (Å²) in [6.45, 7) is 20.7. The molecule has 1 fully saturated rings. The van der Waals surface area contributed by atoms with Gasteiger partial charge in [-0.15, -0.1) is 13.2 Å². The van der Waals surface area contributed by atoms with Gasteiger partial charge in [-0.3, -0.25) is 9.78 Å².